The van der Waals surface area contributed by atoms with E-state index in [1.807, 2.05) is 23.9 Å². The van der Waals surface area contributed by atoms with E-state index in [1.165, 1.54) is 33.3 Å². The lowest BCUT2D eigenvalue weighted by atomic mass is 10.1. The molecule has 1 heterocycles. The quantitative estimate of drug-likeness (QED) is 0.618. The minimum absolute atomic E-state index is 0.181. The summed E-state index contributed by atoms with van der Waals surface area (Å²) in [4.78, 5) is 4.96. The molecule has 132 valence electrons. The van der Waals surface area contributed by atoms with Gasteiger partial charge in [0.05, 0.1) is 11.4 Å². The summed E-state index contributed by atoms with van der Waals surface area (Å²) in [6, 6.07) is 24.0. The van der Waals surface area contributed by atoms with Crippen LogP contribution in [0.2, 0.25) is 0 Å². The summed E-state index contributed by atoms with van der Waals surface area (Å²) in [5, 5.41) is 3.56. The molecule has 0 bridgehead atoms. The minimum Gasteiger partial charge on any atom is -0.338 e. The van der Waals surface area contributed by atoms with Gasteiger partial charge in [0.1, 0.15) is 5.82 Å². The maximum atomic E-state index is 13.1. The first-order valence-electron chi connectivity index (χ1n) is 8.84. The average molecular weight is 364 g/mol. The molecule has 1 aliphatic rings. The molecule has 1 atom stereocenters. The number of fused-ring (bicyclic) bond motifs is 2. The smallest absolute Gasteiger partial charge is 0.123 e. The van der Waals surface area contributed by atoms with Crippen molar-refractivity contribution in [2.24, 2.45) is 0 Å². The van der Waals surface area contributed by atoms with Gasteiger partial charge in [0.2, 0.25) is 0 Å². The van der Waals surface area contributed by atoms with Crippen molar-refractivity contribution in [3.63, 3.8) is 0 Å². The molecule has 26 heavy (non-hydrogen) atoms. The van der Waals surface area contributed by atoms with Crippen LogP contribution in [0.5, 0.6) is 0 Å². The molecule has 0 radical (unpaired) electrons. The first-order valence-corrected chi connectivity index (χ1v) is 9.66. The molecule has 2 nitrogen and oxygen atoms in total. The summed E-state index contributed by atoms with van der Waals surface area (Å²) < 4.78 is 13.1. The van der Waals surface area contributed by atoms with Crippen LogP contribution in [0.3, 0.4) is 0 Å². The van der Waals surface area contributed by atoms with Gasteiger partial charge < -0.3 is 10.2 Å². The Bertz CT molecular complexity index is 849. The second kappa shape index (κ2) is 7.52. The molecule has 0 saturated heterocycles. The fourth-order valence-corrected chi connectivity index (χ4v) is 4.38. The van der Waals surface area contributed by atoms with Crippen LogP contribution in [-0.2, 0) is 0 Å². The van der Waals surface area contributed by atoms with E-state index in [2.05, 4.69) is 65.7 Å². The lowest BCUT2D eigenvalue weighted by Gasteiger charge is -2.33. The van der Waals surface area contributed by atoms with Crippen LogP contribution in [0.15, 0.2) is 82.6 Å². The fraction of sp³-hybridized carbons (Fsp3) is 0.182. The Balaban J connectivity index is 1.49. The number of rotatable bonds is 5. The third-order valence-electron chi connectivity index (χ3n) is 4.69. The van der Waals surface area contributed by atoms with Gasteiger partial charge in [-0.05, 0) is 48.9 Å². The number of nitrogens with zero attached hydrogens (tertiary/aromatic N) is 1. The van der Waals surface area contributed by atoms with Crippen LogP contribution in [-0.4, -0.2) is 13.1 Å². The van der Waals surface area contributed by atoms with E-state index >= 15 is 0 Å². The van der Waals surface area contributed by atoms with E-state index < -0.39 is 0 Å². The normalized spacial score (nSPS) is 13.8. The minimum atomic E-state index is -0.194. The monoisotopic (exact) mass is 364 g/mol. The molecule has 0 aromatic heterocycles. The van der Waals surface area contributed by atoms with E-state index in [0.717, 1.165) is 18.7 Å². The van der Waals surface area contributed by atoms with Gasteiger partial charge in [-0.25, -0.2) is 4.39 Å². The van der Waals surface area contributed by atoms with Gasteiger partial charge in [0.25, 0.3) is 0 Å². The molecule has 4 rings (SSSR count). The summed E-state index contributed by atoms with van der Waals surface area (Å²) in [6.07, 6.45) is 0. The molecular formula is C22H21FN2S. The Labute approximate surface area is 158 Å². The van der Waals surface area contributed by atoms with Crippen molar-refractivity contribution in [2.45, 2.75) is 22.8 Å². The molecule has 0 saturated carbocycles. The third kappa shape index (κ3) is 3.48. The Hall–Kier alpha value is -2.30. The second-order valence-corrected chi connectivity index (χ2v) is 7.50. The topological polar surface area (TPSA) is 15.3 Å². The third-order valence-corrected chi connectivity index (χ3v) is 5.82. The number of hydrogen-bond donors (Lipinski definition) is 1. The predicted molar refractivity (Wildman–Crippen MR) is 107 cm³/mol. The van der Waals surface area contributed by atoms with Crippen molar-refractivity contribution in [1.29, 1.82) is 0 Å². The molecule has 0 spiro atoms. The summed E-state index contributed by atoms with van der Waals surface area (Å²) >= 11 is 1.83. The van der Waals surface area contributed by atoms with Crippen molar-refractivity contribution in [2.75, 3.05) is 18.0 Å². The van der Waals surface area contributed by atoms with E-state index in [4.69, 9.17) is 0 Å². The molecule has 1 N–H and O–H groups in total. The maximum absolute atomic E-state index is 13.1. The average Bonchev–Trinajstić information content (AvgIpc) is 2.68. The van der Waals surface area contributed by atoms with Crippen molar-refractivity contribution in [3.8, 4) is 0 Å². The highest BCUT2D eigenvalue weighted by molar-refractivity contribution is 7.99. The summed E-state index contributed by atoms with van der Waals surface area (Å²) in [5.41, 5.74) is 3.61. The van der Waals surface area contributed by atoms with Crippen LogP contribution in [0, 0.1) is 5.82 Å². The van der Waals surface area contributed by atoms with Crippen molar-refractivity contribution in [3.05, 3.63) is 84.2 Å². The van der Waals surface area contributed by atoms with E-state index in [0.29, 0.717) is 0 Å². The van der Waals surface area contributed by atoms with Crippen LogP contribution in [0.1, 0.15) is 18.5 Å². The number of benzene rings is 3. The fourth-order valence-electron chi connectivity index (χ4n) is 3.28. The number of para-hydroxylation sites is 2. The van der Waals surface area contributed by atoms with Crippen molar-refractivity contribution in [1.82, 2.24) is 5.32 Å². The molecule has 0 fully saturated rings. The van der Waals surface area contributed by atoms with Gasteiger partial charge in [-0.15, -0.1) is 0 Å². The Morgan fingerprint density at radius 2 is 1.46 bits per heavy atom. The SMILES string of the molecule is C[C@@H](NCCN1c2ccccc2Sc2ccccc21)c1ccc(F)cc1. The van der Waals surface area contributed by atoms with Crippen molar-refractivity contribution >= 4 is 23.1 Å². The highest BCUT2D eigenvalue weighted by Crippen LogP contribution is 2.47. The summed E-state index contributed by atoms with van der Waals surface area (Å²) in [5.74, 6) is -0.194. The highest BCUT2D eigenvalue weighted by atomic mass is 32.2. The number of halogens is 1. The van der Waals surface area contributed by atoms with Crippen molar-refractivity contribution < 1.29 is 4.39 Å². The number of nitrogens with one attached hydrogen (secondary N) is 1. The molecule has 1 aliphatic heterocycles. The molecule has 0 unspecified atom stereocenters. The molecule has 3 aromatic carbocycles. The van der Waals surface area contributed by atoms with E-state index in [-0.39, 0.29) is 11.9 Å². The highest BCUT2D eigenvalue weighted by Gasteiger charge is 2.22. The Kier molecular flexibility index (Phi) is 4.96. The predicted octanol–water partition coefficient (Wildman–Crippen LogP) is 5.78. The molecular weight excluding hydrogens is 343 g/mol. The van der Waals surface area contributed by atoms with E-state index in [9.17, 15) is 4.39 Å². The van der Waals surface area contributed by atoms with Gasteiger partial charge in [0, 0.05) is 28.9 Å². The van der Waals surface area contributed by atoms with E-state index in [1.54, 1.807) is 0 Å². The second-order valence-electron chi connectivity index (χ2n) is 6.42. The van der Waals surface area contributed by atoms with Gasteiger partial charge in [0.15, 0.2) is 0 Å². The van der Waals surface area contributed by atoms with Gasteiger partial charge >= 0.3 is 0 Å². The molecule has 4 heteroatoms. The zero-order valence-electron chi connectivity index (χ0n) is 14.7. The van der Waals surface area contributed by atoms with Crippen LogP contribution in [0.25, 0.3) is 0 Å². The largest absolute Gasteiger partial charge is 0.338 e. The van der Waals surface area contributed by atoms with Gasteiger partial charge in [-0.1, -0.05) is 48.2 Å². The summed E-state index contributed by atoms with van der Waals surface area (Å²) in [6.45, 7) is 3.83. The molecule has 0 amide bonds. The number of anilines is 2. The lowest BCUT2D eigenvalue weighted by molar-refractivity contribution is 0.575. The maximum Gasteiger partial charge on any atom is 0.123 e. The van der Waals surface area contributed by atoms with Gasteiger partial charge in [-0.3, -0.25) is 0 Å². The van der Waals surface area contributed by atoms with Gasteiger partial charge in [-0.2, -0.15) is 0 Å². The zero-order valence-corrected chi connectivity index (χ0v) is 15.5. The Morgan fingerprint density at radius 3 is 2.08 bits per heavy atom. The zero-order chi connectivity index (χ0) is 17.9. The molecule has 0 aliphatic carbocycles. The summed E-state index contributed by atoms with van der Waals surface area (Å²) in [7, 11) is 0. The number of hydrogen-bond acceptors (Lipinski definition) is 3. The first-order chi connectivity index (χ1) is 12.7. The lowest BCUT2D eigenvalue weighted by Crippen LogP contribution is -2.31. The Morgan fingerprint density at radius 1 is 0.885 bits per heavy atom. The first kappa shape index (κ1) is 17.1. The van der Waals surface area contributed by atoms with Crippen LogP contribution in [0.4, 0.5) is 15.8 Å². The molecule has 3 aromatic rings. The standard InChI is InChI=1S/C22H21FN2S/c1-16(17-10-12-18(23)13-11-17)24-14-15-25-19-6-2-4-8-21(19)26-22-9-5-3-7-20(22)25/h2-13,16,24H,14-15H2,1H3/t16-/m1/s1. The van der Waals surface area contributed by atoms with Crippen LogP contribution < -0.4 is 10.2 Å². The van der Waals surface area contributed by atoms with Crippen LogP contribution >= 0.6 is 11.8 Å².